The largest absolute Gasteiger partial charge is 0.512 e. The van der Waals surface area contributed by atoms with Gasteiger partial charge in [0.1, 0.15) is 5.92 Å². The molecule has 35 heavy (non-hydrogen) atoms. The summed E-state index contributed by atoms with van der Waals surface area (Å²) < 4.78 is 0. The van der Waals surface area contributed by atoms with E-state index in [0.717, 1.165) is 36.8 Å². The van der Waals surface area contributed by atoms with E-state index in [1.807, 2.05) is 6.92 Å². The van der Waals surface area contributed by atoms with Gasteiger partial charge in [0.2, 0.25) is 11.8 Å². The van der Waals surface area contributed by atoms with Crippen molar-refractivity contribution in [2.45, 2.75) is 79.6 Å². The minimum Gasteiger partial charge on any atom is -0.512 e. The first-order valence-corrected chi connectivity index (χ1v) is 13.0. The Bertz CT molecular complexity index is 882. The van der Waals surface area contributed by atoms with Gasteiger partial charge in [-0.05, 0) is 43.9 Å². The van der Waals surface area contributed by atoms with Crippen LogP contribution in [0, 0.1) is 5.92 Å². The maximum Gasteiger partial charge on any atom is 0.241 e. The number of aliphatic hydroxyl groups excluding tert-OH is 1. The minimum absolute atomic E-state index is 0.0811. The second kappa shape index (κ2) is 17.8. The highest BCUT2D eigenvalue weighted by atomic mass is 35.5. The van der Waals surface area contributed by atoms with Gasteiger partial charge in [-0.2, -0.15) is 0 Å². The van der Waals surface area contributed by atoms with Gasteiger partial charge >= 0.3 is 0 Å². The number of hydrogen-bond donors (Lipinski definition) is 2. The Morgan fingerprint density at radius 1 is 1.09 bits per heavy atom. The Labute approximate surface area is 217 Å². The van der Waals surface area contributed by atoms with Crippen LogP contribution in [0.5, 0.6) is 0 Å². The standard InChI is InChI=1S/C24H33ClN2O3.C5H12/c1-7-9-12-18(16(3)8-2)15-19(17(4)28)22(24(30)27(5)6)23(29)26-21-14-11-10-13-20(21)25;1-3-5-4-2/h10-11,13-15,22,28H,3,7-9,12H2,1-2,4-6H3,(H,26,29);3-5H2,1-2H3/b18-15-,19-17-;. The number of carbonyl (C=O) groups is 2. The molecule has 196 valence electrons. The van der Waals surface area contributed by atoms with E-state index in [1.165, 1.54) is 31.1 Å². The van der Waals surface area contributed by atoms with Crippen molar-refractivity contribution in [3.8, 4) is 0 Å². The first-order chi connectivity index (χ1) is 16.5. The van der Waals surface area contributed by atoms with E-state index < -0.39 is 17.7 Å². The molecule has 1 aromatic carbocycles. The number of benzene rings is 1. The Balaban J connectivity index is 0.00000209. The average molecular weight is 505 g/mol. The zero-order valence-corrected chi connectivity index (χ0v) is 23.5. The maximum absolute atomic E-state index is 13.2. The monoisotopic (exact) mass is 504 g/mol. The lowest BCUT2D eigenvalue weighted by molar-refractivity contribution is -0.136. The molecule has 0 saturated heterocycles. The molecule has 0 radical (unpaired) electrons. The maximum atomic E-state index is 13.2. The third-order valence-corrected chi connectivity index (χ3v) is 5.86. The van der Waals surface area contributed by atoms with Crippen LogP contribution in [0.3, 0.4) is 0 Å². The van der Waals surface area contributed by atoms with Crippen LogP contribution in [0.25, 0.3) is 0 Å². The highest BCUT2D eigenvalue weighted by Crippen LogP contribution is 2.28. The highest BCUT2D eigenvalue weighted by molar-refractivity contribution is 6.33. The van der Waals surface area contributed by atoms with Crippen LogP contribution in [0.2, 0.25) is 5.02 Å². The summed E-state index contributed by atoms with van der Waals surface area (Å²) in [6.45, 7) is 14.1. The van der Waals surface area contributed by atoms with Gasteiger partial charge < -0.3 is 15.3 Å². The number of nitrogens with one attached hydrogen (secondary N) is 1. The zero-order valence-electron chi connectivity index (χ0n) is 22.7. The average Bonchev–Trinajstić information content (AvgIpc) is 2.82. The van der Waals surface area contributed by atoms with Crippen LogP contribution >= 0.6 is 11.6 Å². The number of allylic oxidation sites excluding steroid dienone is 4. The molecule has 1 atom stereocenters. The molecular formula is C29H45ClN2O3. The zero-order chi connectivity index (χ0) is 27.0. The van der Waals surface area contributed by atoms with Crippen molar-refractivity contribution < 1.29 is 14.7 Å². The van der Waals surface area contributed by atoms with Crippen molar-refractivity contribution >= 4 is 29.1 Å². The molecule has 0 aromatic heterocycles. The highest BCUT2D eigenvalue weighted by Gasteiger charge is 2.33. The van der Waals surface area contributed by atoms with E-state index in [9.17, 15) is 14.7 Å². The molecule has 1 aromatic rings. The Hall–Kier alpha value is -2.53. The first kappa shape index (κ1) is 32.5. The molecule has 2 N–H and O–H groups in total. The summed E-state index contributed by atoms with van der Waals surface area (Å²) in [5, 5.41) is 13.5. The Kier molecular flexibility index (Phi) is 16.5. The SMILES string of the molecule is C=C(CC)/C(=C\C(=C(/C)O)C(C(=O)Nc1ccccc1Cl)C(=O)N(C)C)CCCC.CCCCC. The normalized spacial score (nSPS) is 12.6. The Morgan fingerprint density at radius 3 is 2.09 bits per heavy atom. The minimum atomic E-state index is -1.22. The van der Waals surface area contributed by atoms with Gasteiger partial charge in [0.15, 0.2) is 0 Å². The molecular weight excluding hydrogens is 460 g/mol. The summed E-state index contributed by atoms with van der Waals surface area (Å²) >= 11 is 6.16. The van der Waals surface area contributed by atoms with Crippen LogP contribution in [0.15, 0.2) is 59.4 Å². The van der Waals surface area contributed by atoms with E-state index in [1.54, 1.807) is 44.4 Å². The molecule has 0 aliphatic rings. The molecule has 1 rings (SSSR count). The van der Waals surface area contributed by atoms with Crippen LogP contribution in [0.1, 0.15) is 79.6 Å². The quantitative estimate of drug-likeness (QED) is 0.171. The molecule has 0 bridgehead atoms. The number of para-hydroxylation sites is 1. The van der Waals surface area contributed by atoms with Crippen molar-refractivity contribution in [1.29, 1.82) is 0 Å². The van der Waals surface area contributed by atoms with E-state index in [2.05, 4.69) is 32.7 Å². The van der Waals surface area contributed by atoms with Crippen molar-refractivity contribution in [2.75, 3.05) is 19.4 Å². The molecule has 6 heteroatoms. The topological polar surface area (TPSA) is 69.6 Å². The van der Waals surface area contributed by atoms with Crippen molar-refractivity contribution in [2.24, 2.45) is 5.92 Å². The number of halogens is 1. The number of hydrogen-bond acceptors (Lipinski definition) is 3. The lowest BCUT2D eigenvalue weighted by Crippen LogP contribution is -2.39. The third kappa shape index (κ3) is 11.6. The fourth-order valence-corrected chi connectivity index (χ4v) is 3.48. The van der Waals surface area contributed by atoms with Gasteiger partial charge in [-0.1, -0.05) is 95.3 Å². The summed E-state index contributed by atoms with van der Waals surface area (Å²) in [6.07, 6.45) is 9.27. The van der Waals surface area contributed by atoms with E-state index in [-0.39, 0.29) is 11.3 Å². The molecule has 0 fully saturated rings. The van der Waals surface area contributed by atoms with Gasteiger partial charge in [0, 0.05) is 19.7 Å². The number of unbranched alkanes of at least 4 members (excludes halogenated alkanes) is 3. The van der Waals surface area contributed by atoms with Gasteiger partial charge in [-0.25, -0.2) is 0 Å². The summed E-state index contributed by atoms with van der Waals surface area (Å²) in [7, 11) is 3.16. The van der Waals surface area contributed by atoms with E-state index in [0.29, 0.717) is 10.7 Å². The third-order valence-electron chi connectivity index (χ3n) is 5.53. The van der Waals surface area contributed by atoms with E-state index >= 15 is 0 Å². The predicted octanol–water partition coefficient (Wildman–Crippen LogP) is 8.09. The lowest BCUT2D eigenvalue weighted by atomic mass is 9.89. The number of nitrogens with zero attached hydrogens (tertiary/aromatic N) is 1. The number of rotatable bonds is 12. The molecule has 0 aliphatic carbocycles. The summed E-state index contributed by atoms with van der Waals surface area (Å²) in [6, 6.07) is 6.81. The molecule has 0 spiro atoms. The number of anilines is 1. The molecule has 1 unspecified atom stereocenters. The predicted molar refractivity (Wildman–Crippen MR) is 150 cm³/mol. The number of carbonyl (C=O) groups excluding carboxylic acids is 2. The van der Waals surface area contributed by atoms with Gasteiger partial charge in [0.05, 0.1) is 16.5 Å². The van der Waals surface area contributed by atoms with Crippen molar-refractivity contribution in [1.82, 2.24) is 4.90 Å². The van der Waals surface area contributed by atoms with Crippen LogP contribution in [-0.2, 0) is 9.59 Å². The fourth-order valence-electron chi connectivity index (χ4n) is 3.30. The van der Waals surface area contributed by atoms with Crippen molar-refractivity contribution in [3.05, 3.63) is 64.4 Å². The molecule has 0 saturated carbocycles. The van der Waals surface area contributed by atoms with Gasteiger partial charge in [-0.3, -0.25) is 9.59 Å². The molecule has 0 aliphatic heterocycles. The van der Waals surface area contributed by atoms with Crippen LogP contribution in [0.4, 0.5) is 5.69 Å². The second-order valence-corrected chi connectivity index (χ2v) is 9.17. The van der Waals surface area contributed by atoms with Crippen LogP contribution < -0.4 is 5.32 Å². The molecule has 2 amide bonds. The van der Waals surface area contributed by atoms with Crippen LogP contribution in [-0.4, -0.2) is 35.9 Å². The lowest BCUT2D eigenvalue weighted by Gasteiger charge is -2.23. The number of aliphatic hydroxyl groups is 1. The van der Waals surface area contributed by atoms with Gasteiger partial charge in [-0.15, -0.1) is 0 Å². The van der Waals surface area contributed by atoms with Gasteiger partial charge in [0.25, 0.3) is 0 Å². The fraction of sp³-hybridized carbons (Fsp3) is 0.517. The molecule has 0 heterocycles. The first-order valence-electron chi connectivity index (χ1n) is 12.6. The van der Waals surface area contributed by atoms with Crippen molar-refractivity contribution in [3.63, 3.8) is 0 Å². The summed E-state index contributed by atoms with van der Waals surface area (Å²) in [5.74, 6) is -2.29. The summed E-state index contributed by atoms with van der Waals surface area (Å²) in [4.78, 5) is 27.5. The smallest absolute Gasteiger partial charge is 0.241 e. The summed E-state index contributed by atoms with van der Waals surface area (Å²) in [5.41, 5.74) is 2.53. The molecule has 5 nitrogen and oxygen atoms in total. The number of amides is 2. The Morgan fingerprint density at radius 2 is 1.66 bits per heavy atom. The van der Waals surface area contributed by atoms with E-state index in [4.69, 9.17) is 11.6 Å². The second-order valence-electron chi connectivity index (χ2n) is 8.76.